The maximum Gasteiger partial charge on any atom is 0.149 e. The normalized spacial score (nSPS) is 24.8. The smallest absolute Gasteiger partial charge is 0.149 e. The summed E-state index contributed by atoms with van der Waals surface area (Å²) in [5.41, 5.74) is 5.26. The van der Waals surface area contributed by atoms with Crippen molar-refractivity contribution >= 4 is 5.84 Å². The topological polar surface area (TPSA) is 64.4 Å². The summed E-state index contributed by atoms with van der Waals surface area (Å²) in [5, 5.41) is 3.09. The second-order valence-corrected chi connectivity index (χ2v) is 2.42. The molecule has 3 nitrogen and oxygen atoms in total. The third-order valence-electron chi connectivity index (χ3n) is 1.59. The summed E-state index contributed by atoms with van der Waals surface area (Å²) in [7, 11) is 0. The van der Waals surface area contributed by atoms with Gasteiger partial charge in [0.2, 0.25) is 0 Å². The molecule has 0 amide bonds. The molecule has 1 rings (SSSR count). The van der Waals surface area contributed by atoms with Crippen LogP contribution in [0.3, 0.4) is 0 Å². The van der Waals surface area contributed by atoms with Gasteiger partial charge < -0.3 is 11.6 Å². The minimum absolute atomic E-state index is 0.0347. The molecule has 1 atom stereocenters. The Kier molecular flexibility index (Phi) is 2.42. The Morgan fingerprint density at radius 2 is 2.33 bits per heavy atom. The van der Waals surface area contributed by atoms with Gasteiger partial charge in [-0.2, -0.15) is 5.10 Å². The van der Waals surface area contributed by atoms with Gasteiger partial charge in [0.15, 0.2) is 0 Å². The number of amidine groups is 1. The van der Waals surface area contributed by atoms with Crippen LogP contribution < -0.4 is 11.6 Å². The zero-order chi connectivity index (χ0) is 9.14. The predicted octanol–water partition coefficient (Wildman–Crippen LogP) is 0.739. The number of halogens is 2. The molecule has 1 unspecified atom stereocenters. The molecule has 12 heavy (non-hydrogen) atoms. The van der Waals surface area contributed by atoms with Gasteiger partial charge in [-0.05, 0) is 12.2 Å². The summed E-state index contributed by atoms with van der Waals surface area (Å²) < 4.78 is 25.5. The predicted molar refractivity (Wildman–Crippen MR) is 42.6 cm³/mol. The van der Waals surface area contributed by atoms with Gasteiger partial charge in [-0.15, -0.1) is 0 Å². The van der Waals surface area contributed by atoms with Crippen LogP contribution in [0.1, 0.15) is 6.42 Å². The lowest BCUT2D eigenvalue weighted by atomic mass is 10.0. The van der Waals surface area contributed by atoms with Crippen LogP contribution >= 0.6 is 0 Å². The highest BCUT2D eigenvalue weighted by molar-refractivity contribution is 5.97. The van der Waals surface area contributed by atoms with E-state index in [2.05, 4.69) is 5.10 Å². The van der Waals surface area contributed by atoms with E-state index in [9.17, 15) is 8.78 Å². The lowest BCUT2D eigenvalue weighted by Crippen LogP contribution is -2.21. The van der Waals surface area contributed by atoms with Crippen LogP contribution in [0.25, 0.3) is 0 Å². The van der Waals surface area contributed by atoms with Gasteiger partial charge in [0, 0.05) is 12.0 Å². The Hall–Kier alpha value is -1.39. The SMILES string of the molecule is NN=C(N)C1=C(F)C=CC(F)C1. The van der Waals surface area contributed by atoms with E-state index in [1.807, 2.05) is 0 Å². The average Bonchev–Trinajstić information content (AvgIpc) is 2.08. The highest BCUT2D eigenvalue weighted by Crippen LogP contribution is 2.21. The fourth-order valence-corrected chi connectivity index (χ4v) is 0.955. The van der Waals surface area contributed by atoms with Crippen LogP contribution in [-0.2, 0) is 0 Å². The van der Waals surface area contributed by atoms with Crippen molar-refractivity contribution in [1.82, 2.24) is 0 Å². The van der Waals surface area contributed by atoms with Gasteiger partial charge >= 0.3 is 0 Å². The molecular formula is C7H9F2N3. The van der Waals surface area contributed by atoms with Crippen molar-refractivity contribution in [3.8, 4) is 0 Å². The zero-order valence-corrected chi connectivity index (χ0v) is 6.30. The molecule has 1 aliphatic rings. The minimum Gasteiger partial charge on any atom is -0.382 e. The van der Waals surface area contributed by atoms with E-state index in [0.717, 1.165) is 12.2 Å². The summed E-state index contributed by atoms with van der Waals surface area (Å²) in [6.45, 7) is 0. The van der Waals surface area contributed by atoms with E-state index in [4.69, 9.17) is 11.6 Å². The number of rotatable bonds is 1. The molecule has 0 aliphatic heterocycles. The first-order chi connectivity index (χ1) is 5.65. The Bertz CT molecular complexity index is 268. The Morgan fingerprint density at radius 3 is 2.92 bits per heavy atom. The number of nitrogens with two attached hydrogens (primary N) is 2. The molecule has 0 aromatic heterocycles. The van der Waals surface area contributed by atoms with Gasteiger partial charge in [-0.1, -0.05) is 0 Å². The molecule has 0 fully saturated rings. The summed E-state index contributed by atoms with van der Waals surface area (Å²) >= 11 is 0. The third-order valence-corrected chi connectivity index (χ3v) is 1.59. The van der Waals surface area contributed by atoms with Crippen LogP contribution in [0, 0.1) is 0 Å². The Morgan fingerprint density at radius 1 is 1.67 bits per heavy atom. The van der Waals surface area contributed by atoms with Crippen molar-refractivity contribution in [1.29, 1.82) is 0 Å². The van der Waals surface area contributed by atoms with E-state index >= 15 is 0 Å². The highest BCUT2D eigenvalue weighted by atomic mass is 19.1. The van der Waals surface area contributed by atoms with E-state index in [1.54, 1.807) is 0 Å². The summed E-state index contributed by atoms with van der Waals surface area (Å²) in [4.78, 5) is 0. The van der Waals surface area contributed by atoms with Crippen LogP contribution in [0.5, 0.6) is 0 Å². The maximum absolute atomic E-state index is 12.9. The largest absolute Gasteiger partial charge is 0.382 e. The Labute approximate surface area is 68.4 Å². The van der Waals surface area contributed by atoms with E-state index in [1.165, 1.54) is 0 Å². The molecule has 0 radical (unpaired) electrons. The van der Waals surface area contributed by atoms with E-state index in [-0.39, 0.29) is 17.8 Å². The number of hydrogen-bond donors (Lipinski definition) is 2. The van der Waals surface area contributed by atoms with Crippen molar-refractivity contribution in [2.45, 2.75) is 12.6 Å². The van der Waals surface area contributed by atoms with Crippen molar-refractivity contribution in [3.63, 3.8) is 0 Å². The molecule has 0 heterocycles. The van der Waals surface area contributed by atoms with Crippen LogP contribution in [0.4, 0.5) is 8.78 Å². The van der Waals surface area contributed by atoms with E-state index < -0.39 is 12.0 Å². The number of alkyl halides is 1. The summed E-state index contributed by atoms with van der Waals surface area (Å²) in [5.74, 6) is 4.10. The molecule has 66 valence electrons. The van der Waals surface area contributed by atoms with Crippen LogP contribution in [0.2, 0.25) is 0 Å². The number of hydrogen-bond acceptors (Lipinski definition) is 2. The highest BCUT2D eigenvalue weighted by Gasteiger charge is 2.18. The Balaban J connectivity index is 2.94. The number of allylic oxidation sites excluding steroid dienone is 3. The molecule has 1 aliphatic carbocycles. The molecule has 0 saturated carbocycles. The standard InChI is InChI=1S/C7H9F2N3/c8-4-1-2-6(9)5(3-4)7(10)12-11/h1-2,4H,3,11H2,(H2,10,12). The molecule has 0 saturated heterocycles. The monoisotopic (exact) mass is 173 g/mol. The first-order valence-corrected chi connectivity index (χ1v) is 3.39. The molecular weight excluding hydrogens is 164 g/mol. The van der Waals surface area contributed by atoms with Crippen molar-refractivity contribution in [2.24, 2.45) is 16.7 Å². The molecule has 5 heteroatoms. The van der Waals surface area contributed by atoms with Crippen molar-refractivity contribution < 1.29 is 8.78 Å². The second-order valence-electron chi connectivity index (χ2n) is 2.42. The number of nitrogens with zero attached hydrogens (tertiary/aromatic N) is 1. The van der Waals surface area contributed by atoms with Gasteiger partial charge in [-0.25, -0.2) is 8.78 Å². The molecule has 0 bridgehead atoms. The van der Waals surface area contributed by atoms with Gasteiger partial charge in [0.25, 0.3) is 0 Å². The van der Waals surface area contributed by atoms with Gasteiger partial charge in [0.1, 0.15) is 17.8 Å². The van der Waals surface area contributed by atoms with E-state index in [0.29, 0.717) is 0 Å². The molecule has 4 N–H and O–H groups in total. The zero-order valence-electron chi connectivity index (χ0n) is 6.30. The third kappa shape index (κ3) is 1.61. The first kappa shape index (κ1) is 8.70. The maximum atomic E-state index is 12.9. The average molecular weight is 173 g/mol. The molecule has 0 aromatic carbocycles. The quantitative estimate of drug-likeness (QED) is 0.266. The van der Waals surface area contributed by atoms with Crippen LogP contribution in [0.15, 0.2) is 28.7 Å². The van der Waals surface area contributed by atoms with Crippen molar-refractivity contribution in [2.75, 3.05) is 0 Å². The first-order valence-electron chi connectivity index (χ1n) is 3.39. The summed E-state index contributed by atoms with van der Waals surface area (Å²) in [6, 6.07) is 0. The van der Waals surface area contributed by atoms with Gasteiger partial charge in [0.05, 0.1) is 0 Å². The van der Waals surface area contributed by atoms with Crippen LogP contribution in [-0.4, -0.2) is 12.0 Å². The minimum atomic E-state index is -1.21. The summed E-state index contributed by atoms with van der Waals surface area (Å²) in [6.07, 6.45) is 0.846. The fourth-order valence-electron chi connectivity index (χ4n) is 0.955. The molecule has 0 aromatic rings. The van der Waals surface area contributed by atoms with Crippen molar-refractivity contribution in [3.05, 3.63) is 23.6 Å². The number of hydrazone groups is 1. The lowest BCUT2D eigenvalue weighted by Gasteiger charge is -2.12. The second kappa shape index (κ2) is 3.34. The fraction of sp³-hybridized carbons (Fsp3) is 0.286. The lowest BCUT2D eigenvalue weighted by molar-refractivity contribution is 0.392. The van der Waals surface area contributed by atoms with Gasteiger partial charge in [-0.3, -0.25) is 0 Å². The molecule has 0 spiro atoms.